The van der Waals surface area contributed by atoms with Gasteiger partial charge in [0.15, 0.2) is 12.6 Å². The molecule has 1 amide bonds. The zero-order valence-electron chi connectivity index (χ0n) is 35.5. The number of aliphatic hydroxyl groups is 8. The van der Waals surface area contributed by atoms with E-state index in [0.717, 1.165) is 70.6 Å². The van der Waals surface area contributed by atoms with Crippen molar-refractivity contribution in [3.63, 3.8) is 0 Å². The highest BCUT2D eigenvalue weighted by Crippen LogP contribution is 2.30. The molecule has 2 aliphatic heterocycles. The molecular weight excluding hydrogens is 750 g/mol. The normalized spacial score (nSPS) is 29.0. The molecule has 2 fully saturated rings. The maximum Gasteiger partial charge on any atom is 0.220 e. The molecule has 0 radical (unpaired) electrons. The molecule has 58 heavy (non-hydrogen) atoms. The molecule has 2 saturated heterocycles. The van der Waals surface area contributed by atoms with Crippen molar-refractivity contribution in [1.82, 2.24) is 5.32 Å². The summed E-state index contributed by atoms with van der Waals surface area (Å²) in [6, 6.07) is -0.830. The molecule has 9 N–H and O–H groups in total. The van der Waals surface area contributed by atoms with E-state index in [4.69, 9.17) is 18.9 Å². The second kappa shape index (κ2) is 32.2. The average molecular weight is 832 g/mol. The highest BCUT2D eigenvalue weighted by molar-refractivity contribution is 5.76. The van der Waals surface area contributed by atoms with E-state index in [2.05, 4.69) is 43.5 Å². The molecule has 0 bridgehead atoms. The molecule has 2 rings (SSSR count). The van der Waals surface area contributed by atoms with Crippen molar-refractivity contribution in [3.8, 4) is 0 Å². The Morgan fingerprint density at radius 2 is 1.14 bits per heavy atom. The molecule has 2 aliphatic rings. The number of carbonyl (C=O) groups excluding carboxylic acids is 1. The number of amides is 1. The number of hydrogen-bond donors (Lipinski definition) is 9. The van der Waals surface area contributed by atoms with Gasteiger partial charge in [-0.25, -0.2) is 0 Å². The van der Waals surface area contributed by atoms with Gasteiger partial charge in [-0.05, 0) is 44.9 Å². The molecule has 0 aromatic heterocycles. The van der Waals surface area contributed by atoms with Gasteiger partial charge in [-0.3, -0.25) is 4.79 Å². The van der Waals surface area contributed by atoms with E-state index in [9.17, 15) is 45.6 Å². The lowest BCUT2D eigenvalue weighted by Crippen LogP contribution is -2.65. The quantitative estimate of drug-likeness (QED) is 0.0334. The van der Waals surface area contributed by atoms with Crippen molar-refractivity contribution in [2.45, 2.75) is 229 Å². The predicted molar refractivity (Wildman–Crippen MR) is 221 cm³/mol. The third-order valence-electron chi connectivity index (χ3n) is 11.2. The number of carbonyl (C=O) groups is 1. The molecule has 0 saturated carbocycles. The highest BCUT2D eigenvalue weighted by Gasteiger charge is 2.51. The number of hydrogen-bond acceptors (Lipinski definition) is 13. The van der Waals surface area contributed by atoms with Crippen LogP contribution >= 0.6 is 0 Å². The van der Waals surface area contributed by atoms with Crippen LogP contribution in [0.25, 0.3) is 0 Å². The number of ether oxygens (including phenoxy) is 4. The molecule has 0 aromatic carbocycles. The monoisotopic (exact) mass is 832 g/mol. The number of rotatable bonds is 33. The van der Waals surface area contributed by atoms with Gasteiger partial charge >= 0.3 is 0 Å². The molecule has 340 valence electrons. The fourth-order valence-corrected chi connectivity index (χ4v) is 7.38. The van der Waals surface area contributed by atoms with Gasteiger partial charge in [0.25, 0.3) is 0 Å². The molecule has 0 spiro atoms. The van der Waals surface area contributed by atoms with Crippen LogP contribution in [0, 0.1) is 0 Å². The largest absolute Gasteiger partial charge is 0.394 e. The fraction of sp³-hybridized carbons (Fsp3) is 0.886. The van der Waals surface area contributed by atoms with Crippen LogP contribution in [0.4, 0.5) is 0 Å². The summed E-state index contributed by atoms with van der Waals surface area (Å²) < 4.78 is 22.6. The molecule has 14 heteroatoms. The van der Waals surface area contributed by atoms with Crippen LogP contribution in [0.1, 0.15) is 155 Å². The third-order valence-corrected chi connectivity index (χ3v) is 11.2. The summed E-state index contributed by atoms with van der Waals surface area (Å²) in [5.74, 6) is -0.226. The summed E-state index contributed by atoms with van der Waals surface area (Å²) in [7, 11) is 0. The Morgan fingerprint density at radius 3 is 1.74 bits per heavy atom. The Labute approximate surface area is 348 Å². The van der Waals surface area contributed by atoms with Gasteiger partial charge in [0.05, 0.1) is 32.0 Å². The van der Waals surface area contributed by atoms with Gasteiger partial charge in [-0.15, -0.1) is 0 Å². The van der Waals surface area contributed by atoms with Gasteiger partial charge in [0.1, 0.15) is 48.8 Å². The molecule has 0 aliphatic carbocycles. The van der Waals surface area contributed by atoms with Crippen molar-refractivity contribution in [3.05, 3.63) is 24.3 Å². The van der Waals surface area contributed by atoms with Crippen molar-refractivity contribution in [2.75, 3.05) is 19.8 Å². The van der Waals surface area contributed by atoms with E-state index in [1.165, 1.54) is 51.4 Å². The van der Waals surface area contributed by atoms with Gasteiger partial charge in [0, 0.05) is 6.42 Å². The minimum atomic E-state index is -1.78. The molecular formula is C44H81NO13. The maximum atomic E-state index is 13.1. The Balaban J connectivity index is 1.86. The van der Waals surface area contributed by atoms with E-state index in [1.54, 1.807) is 0 Å². The number of unbranched alkanes of at least 4 members (excludes halogenated alkanes) is 16. The lowest BCUT2D eigenvalue weighted by molar-refractivity contribution is -0.359. The minimum Gasteiger partial charge on any atom is -0.394 e. The first-order valence-electron chi connectivity index (χ1n) is 22.6. The van der Waals surface area contributed by atoms with E-state index >= 15 is 0 Å². The molecule has 2 heterocycles. The summed E-state index contributed by atoms with van der Waals surface area (Å²) in [6.07, 6.45) is 14.9. The number of aliphatic hydroxyl groups excluding tert-OH is 8. The van der Waals surface area contributed by atoms with Gasteiger partial charge in [-0.1, -0.05) is 128 Å². The SMILES string of the molecule is CCCCCC/C=C\C/C=C\CCCCCCCC(=O)NC(COC1OC(CO)C(OC2OC(CO)C(O)C(O)C2O)C(O)C1O)C(O)CCCCCCCCCC. The lowest BCUT2D eigenvalue weighted by atomic mass is 9.97. The van der Waals surface area contributed by atoms with Crippen molar-refractivity contribution in [2.24, 2.45) is 0 Å². The Kier molecular flexibility index (Phi) is 29.2. The van der Waals surface area contributed by atoms with Crippen molar-refractivity contribution in [1.29, 1.82) is 0 Å². The highest BCUT2D eigenvalue weighted by atomic mass is 16.7. The van der Waals surface area contributed by atoms with E-state index in [0.29, 0.717) is 12.8 Å². The average Bonchev–Trinajstić information content (AvgIpc) is 3.22. The van der Waals surface area contributed by atoms with Gasteiger partial charge < -0.3 is 65.1 Å². The first-order chi connectivity index (χ1) is 28.1. The van der Waals surface area contributed by atoms with Gasteiger partial charge in [-0.2, -0.15) is 0 Å². The van der Waals surface area contributed by atoms with Crippen LogP contribution < -0.4 is 5.32 Å². The Bertz CT molecular complexity index is 1080. The lowest BCUT2D eigenvalue weighted by Gasteiger charge is -2.46. The molecule has 12 unspecified atom stereocenters. The summed E-state index contributed by atoms with van der Waals surface area (Å²) in [4.78, 5) is 13.1. The molecule has 14 nitrogen and oxygen atoms in total. The standard InChI is InChI=1S/C44H81NO13/c1-3-5-7-9-11-13-14-15-16-17-18-19-20-22-24-26-28-36(49)45-32(33(48)27-25-23-21-12-10-8-6-4-2)31-55-43-41(54)39(52)42(35(30-47)57-43)58-44-40(53)38(51)37(50)34(29-46)56-44/h13-14,16-17,32-35,37-44,46-48,50-54H,3-12,15,18-31H2,1-2H3,(H,45,49)/b14-13-,17-16-. The van der Waals surface area contributed by atoms with Crippen molar-refractivity contribution < 1.29 is 64.6 Å². The van der Waals surface area contributed by atoms with E-state index < -0.39 is 86.8 Å². The Hall–Kier alpha value is -1.53. The zero-order chi connectivity index (χ0) is 42.5. The minimum absolute atomic E-state index is 0.226. The summed E-state index contributed by atoms with van der Waals surface area (Å²) in [6.45, 7) is 2.75. The molecule has 0 aromatic rings. The predicted octanol–water partition coefficient (Wildman–Crippen LogP) is 4.21. The van der Waals surface area contributed by atoms with Crippen LogP contribution in [0.5, 0.6) is 0 Å². The Morgan fingerprint density at radius 1 is 0.621 bits per heavy atom. The summed E-state index contributed by atoms with van der Waals surface area (Å²) >= 11 is 0. The van der Waals surface area contributed by atoms with E-state index in [1.807, 2.05) is 0 Å². The van der Waals surface area contributed by atoms with Crippen LogP contribution in [-0.2, 0) is 23.7 Å². The van der Waals surface area contributed by atoms with Crippen LogP contribution in [0.2, 0.25) is 0 Å². The second-order valence-electron chi connectivity index (χ2n) is 16.2. The van der Waals surface area contributed by atoms with Crippen molar-refractivity contribution >= 4 is 5.91 Å². The summed E-state index contributed by atoms with van der Waals surface area (Å²) in [5.41, 5.74) is 0. The first kappa shape index (κ1) is 52.6. The van der Waals surface area contributed by atoms with Gasteiger partial charge in [0.2, 0.25) is 5.91 Å². The third kappa shape index (κ3) is 20.4. The zero-order valence-corrected chi connectivity index (χ0v) is 35.5. The van der Waals surface area contributed by atoms with Crippen LogP contribution in [0.15, 0.2) is 24.3 Å². The fourth-order valence-electron chi connectivity index (χ4n) is 7.38. The van der Waals surface area contributed by atoms with Crippen LogP contribution in [-0.4, -0.2) is 140 Å². The smallest absolute Gasteiger partial charge is 0.220 e. The van der Waals surface area contributed by atoms with E-state index in [-0.39, 0.29) is 18.9 Å². The topological polar surface area (TPSA) is 228 Å². The second-order valence-corrected chi connectivity index (χ2v) is 16.2. The number of nitrogens with one attached hydrogen (secondary N) is 1. The maximum absolute atomic E-state index is 13.1. The first-order valence-corrected chi connectivity index (χ1v) is 22.6. The number of allylic oxidation sites excluding steroid dienone is 4. The van der Waals surface area contributed by atoms with Crippen LogP contribution in [0.3, 0.4) is 0 Å². The molecule has 12 atom stereocenters. The summed E-state index contributed by atoms with van der Waals surface area (Å²) in [5, 5.41) is 86.4.